The number of aliphatic hydroxyl groups is 1. The van der Waals surface area contributed by atoms with Crippen molar-refractivity contribution in [2.24, 2.45) is 0 Å². The molecule has 41 heavy (non-hydrogen) atoms. The van der Waals surface area contributed by atoms with Crippen LogP contribution in [0.1, 0.15) is 54.4 Å². The van der Waals surface area contributed by atoms with Crippen LogP contribution in [0.25, 0.3) is 22.5 Å². The normalized spacial score (nSPS) is 17.0. The van der Waals surface area contributed by atoms with E-state index in [1.165, 1.54) is 0 Å². The van der Waals surface area contributed by atoms with Crippen molar-refractivity contribution in [3.63, 3.8) is 0 Å². The van der Waals surface area contributed by atoms with Gasteiger partial charge in [-0.1, -0.05) is 49.7 Å². The van der Waals surface area contributed by atoms with E-state index in [1.54, 1.807) is 27.7 Å². The minimum Gasteiger partial charge on any atom is -0.431 e. The molecule has 1 aliphatic heterocycles. The highest BCUT2D eigenvalue weighted by atomic mass is 16.8. The minimum atomic E-state index is -1.40. The van der Waals surface area contributed by atoms with E-state index in [-0.39, 0.29) is 11.8 Å². The Bertz CT molecular complexity index is 1400. The number of carbonyl (C=O) groups excluding carboxylic acids is 2. The lowest BCUT2D eigenvalue weighted by molar-refractivity contribution is -0.149. The van der Waals surface area contributed by atoms with E-state index in [0.717, 1.165) is 23.1 Å². The van der Waals surface area contributed by atoms with Gasteiger partial charge in [-0.15, -0.1) is 10.2 Å². The molecule has 1 aliphatic rings. The van der Waals surface area contributed by atoms with Gasteiger partial charge in [0.1, 0.15) is 11.3 Å². The number of nitrogens with zero attached hydrogens (tertiary/aromatic N) is 4. The molecule has 218 valence electrons. The van der Waals surface area contributed by atoms with E-state index in [0.29, 0.717) is 23.6 Å². The Hall–Kier alpha value is -4.45. The topological polar surface area (TPSA) is 152 Å². The van der Waals surface area contributed by atoms with Gasteiger partial charge in [-0.25, -0.2) is 9.59 Å². The van der Waals surface area contributed by atoms with Gasteiger partial charge >= 0.3 is 12.1 Å². The SMILES string of the molecule is CCCC1(C)NC(C(C)(C)O)=C(C(=O)OCOC(=O)OC(C)C)N1c1ccc(-c2ccccc2-c2nn[nH]n2)cc1. The Balaban J connectivity index is 1.70. The first kappa shape index (κ1) is 29.5. The average molecular weight is 565 g/mol. The number of hydrogen-bond acceptors (Lipinski definition) is 11. The fourth-order valence-electron chi connectivity index (χ4n) is 4.88. The number of carbonyl (C=O) groups is 2. The number of hydrogen-bond donors (Lipinski definition) is 3. The maximum Gasteiger partial charge on any atom is 0.511 e. The van der Waals surface area contributed by atoms with Crippen molar-refractivity contribution < 1.29 is 28.9 Å². The largest absolute Gasteiger partial charge is 0.511 e. The number of nitrogens with one attached hydrogen (secondary N) is 2. The third kappa shape index (κ3) is 6.49. The van der Waals surface area contributed by atoms with E-state index in [9.17, 15) is 14.7 Å². The molecule has 2 heterocycles. The van der Waals surface area contributed by atoms with Crippen LogP contribution >= 0.6 is 0 Å². The molecule has 4 rings (SSSR count). The number of anilines is 1. The third-order valence-electron chi connectivity index (χ3n) is 6.54. The van der Waals surface area contributed by atoms with E-state index >= 15 is 0 Å². The number of H-pyrrole nitrogens is 1. The molecule has 0 aliphatic carbocycles. The molecular weight excluding hydrogens is 528 g/mol. The van der Waals surface area contributed by atoms with E-state index in [1.807, 2.05) is 67.3 Å². The molecule has 1 aromatic heterocycles. The van der Waals surface area contributed by atoms with Crippen LogP contribution in [0.5, 0.6) is 0 Å². The highest BCUT2D eigenvalue weighted by molar-refractivity contribution is 5.96. The molecule has 0 radical (unpaired) electrons. The van der Waals surface area contributed by atoms with Crippen LogP contribution in [-0.4, -0.2) is 62.0 Å². The lowest BCUT2D eigenvalue weighted by Gasteiger charge is -2.38. The molecule has 0 amide bonds. The number of rotatable bonds is 10. The molecule has 2 aromatic carbocycles. The molecule has 0 spiro atoms. The Kier molecular flexibility index (Phi) is 8.62. The van der Waals surface area contributed by atoms with Gasteiger partial charge in [-0.3, -0.25) is 0 Å². The monoisotopic (exact) mass is 564 g/mol. The van der Waals surface area contributed by atoms with Crippen molar-refractivity contribution in [3.8, 4) is 22.5 Å². The predicted octanol–water partition coefficient (Wildman–Crippen LogP) is 4.50. The number of tetrazole rings is 1. The molecular formula is C29H36N6O6. The molecule has 12 heteroatoms. The molecule has 3 aromatic rings. The number of benzene rings is 2. The summed E-state index contributed by atoms with van der Waals surface area (Å²) in [6, 6.07) is 15.4. The second-order valence-corrected chi connectivity index (χ2v) is 10.7. The maximum absolute atomic E-state index is 13.5. The number of aromatic amines is 1. The van der Waals surface area contributed by atoms with Crippen LogP contribution in [0.4, 0.5) is 10.5 Å². The summed E-state index contributed by atoms with van der Waals surface area (Å²) in [5.74, 6) is -0.287. The predicted molar refractivity (Wildman–Crippen MR) is 151 cm³/mol. The standard InChI is InChI=1S/C29H36N6O6/c1-7-16-29(6)30-24(28(4,5)38)23(26(36)39-17-40-27(37)41-18(2)3)35(29)20-14-12-19(13-15-20)21-10-8-9-11-22(21)25-31-33-34-32-25/h8-15,18,30,38H,7,16-17H2,1-6H3,(H,31,32,33,34). The second kappa shape index (κ2) is 12.0. The quantitative estimate of drug-likeness (QED) is 0.236. The van der Waals surface area contributed by atoms with Gasteiger partial charge in [0, 0.05) is 11.3 Å². The third-order valence-corrected chi connectivity index (χ3v) is 6.54. The summed E-state index contributed by atoms with van der Waals surface area (Å²) in [7, 11) is 0. The lowest BCUT2D eigenvalue weighted by Crippen LogP contribution is -2.52. The number of aromatic nitrogens is 4. The van der Waals surface area contributed by atoms with Gasteiger partial charge in [-0.05, 0) is 69.5 Å². The molecule has 0 bridgehead atoms. The van der Waals surface area contributed by atoms with Crippen molar-refractivity contribution in [1.82, 2.24) is 25.9 Å². The number of ether oxygens (including phenoxy) is 3. The van der Waals surface area contributed by atoms with Gasteiger partial charge in [0.2, 0.25) is 12.6 Å². The van der Waals surface area contributed by atoms with Crippen molar-refractivity contribution in [3.05, 3.63) is 59.9 Å². The smallest absolute Gasteiger partial charge is 0.431 e. The van der Waals surface area contributed by atoms with Gasteiger partial charge in [-0.2, -0.15) is 5.21 Å². The summed E-state index contributed by atoms with van der Waals surface area (Å²) in [4.78, 5) is 27.1. The molecule has 0 saturated heterocycles. The fourth-order valence-corrected chi connectivity index (χ4v) is 4.88. The minimum absolute atomic E-state index is 0.120. The first-order valence-corrected chi connectivity index (χ1v) is 13.4. The molecule has 12 nitrogen and oxygen atoms in total. The zero-order valence-electron chi connectivity index (χ0n) is 24.1. The first-order valence-electron chi connectivity index (χ1n) is 13.4. The second-order valence-electron chi connectivity index (χ2n) is 10.7. The Morgan fingerprint density at radius 2 is 1.76 bits per heavy atom. The summed E-state index contributed by atoms with van der Waals surface area (Å²) in [6.45, 7) is 9.89. The first-order chi connectivity index (χ1) is 19.4. The Labute approximate surface area is 238 Å². The molecule has 0 saturated carbocycles. The number of esters is 1. The van der Waals surface area contributed by atoms with E-state index in [2.05, 4.69) is 25.9 Å². The van der Waals surface area contributed by atoms with Crippen molar-refractivity contribution in [2.45, 2.75) is 71.8 Å². The van der Waals surface area contributed by atoms with Crippen LogP contribution in [0.2, 0.25) is 0 Å². The van der Waals surface area contributed by atoms with Crippen LogP contribution in [-0.2, 0) is 19.0 Å². The molecule has 0 fully saturated rings. The van der Waals surface area contributed by atoms with Gasteiger partial charge in [0.15, 0.2) is 5.70 Å². The van der Waals surface area contributed by atoms with Crippen LogP contribution in [0.15, 0.2) is 59.9 Å². The molecule has 3 N–H and O–H groups in total. The zero-order valence-corrected chi connectivity index (χ0v) is 24.1. The Morgan fingerprint density at radius 1 is 1.07 bits per heavy atom. The summed E-state index contributed by atoms with van der Waals surface area (Å²) in [5, 5.41) is 28.8. The van der Waals surface area contributed by atoms with Crippen molar-refractivity contribution >= 4 is 17.8 Å². The zero-order chi connectivity index (χ0) is 29.8. The van der Waals surface area contributed by atoms with Crippen LogP contribution < -0.4 is 10.2 Å². The summed E-state index contributed by atoms with van der Waals surface area (Å²) < 4.78 is 15.2. The van der Waals surface area contributed by atoms with E-state index in [4.69, 9.17) is 14.2 Å². The fraction of sp³-hybridized carbons (Fsp3) is 0.414. The highest BCUT2D eigenvalue weighted by Gasteiger charge is 2.48. The highest BCUT2D eigenvalue weighted by Crippen LogP contribution is 2.41. The van der Waals surface area contributed by atoms with E-state index < -0.39 is 30.2 Å². The molecule has 1 unspecified atom stereocenters. The Morgan fingerprint density at radius 3 is 2.34 bits per heavy atom. The van der Waals surface area contributed by atoms with Gasteiger partial charge in [0.05, 0.1) is 11.8 Å². The van der Waals surface area contributed by atoms with Crippen LogP contribution in [0.3, 0.4) is 0 Å². The summed E-state index contributed by atoms with van der Waals surface area (Å²) >= 11 is 0. The van der Waals surface area contributed by atoms with Gasteiger partial charge < -0.3 is 29.5 Å². The van der Waals surface area contributed by atoms with Crippen molar-refractivity contribution in [1.29, 1.82) is 0 Å². The average Bonchev–Trinajstić information content (AvgIpc) is 3.55. The molecule has 1 atom stereocenters. The van der Waals surface area contributed by atoms with Gasteiger partial charge in [0.25, 0.3) is 0 Å². The lowest BCUT2D eigenvalue weighted by atomic mass is 9.98. The van der Waals surface area contributed by atoms with Crippen molar-refractivity contribution in [2.75, 3.05) is 11.7 Å². The maximum atomic E-state index is 13.5. The summed E-state index contributed by atoms with van der Waals surface area (Å²) in [6.07, 6.45) is 0.109. The van der Waals surface area contributed by atoms with Crippen LogP contribution in [0, 0.1) is 0 Å². The summed E-state index contributed by atoms with van der Waals surface area (Å²) in [5.41, 5.74) is 1.58.